The Hall–Kier alpha value is -1.75. The third-order valence-electron chi connectivity index (χ3n) is 2.21. The van der Waals surface area contributed by atoms with Crippen molar-refractivity contribution in [3.05, 3.63) is 24.1 Å². The van der Waals surface area contributed by atoms with E-state index in [2.05, 4.69) is 10.1 Å². The van der Waals surface area contributed by atoms with Gasteiger partial charge in [0.15, 0.2) is 11.5 Å². The number of halogens is 1. The van der Waals surface area contributed by atoms with Crippen LogP contribution >= 0.6 is 11.6 Å². The largest absolute Gasteiger partial charge is 0.454 e. The highest BCUT2D eigenvalue weighted by Crippen LogP contribution is 2.35. The summed E-state index contributed by atoms with van der Waals surface area (Å²) in [6.07, 6.45) is 0. The van der Waals surface area contributed by atoms with E-state index in [-0.39, 0.29) is 12.7 Å². The zero-order chi connectivity index (χ0) is 11.0. The monoisotopic (exact) mass is 238 g/mol. The maximum Gasteiger partial charge on any atom is 0.241 e. The molecule has 16 heavy (non-hydrogen) atoms. The fourth-order valence-corrected chi connectivity index (χ4v) is 1.57. The lowest BCUT2D eigenvalue weighted by Gasteiger charge is -1.97. The number of ether oxygens (including phenoxy) is 2. The predicted octanol–water partition coefficient (Wildman–Crippen LogP) is 2.20. The molecular formula is C10H7ClN2O3. The highest BCUT2D eigenvalue weighted by atomic mass is 35.5. The molecule has 2 aromatic rings. The zero-order valence-corrected chi connectivity index (χ0v) is 8.90. The van der Waals surface area contributed by atoms with Gasteiger partial charge in [0.1, 0.15) is 5.88 Å². The van der Waals surface area contributed by atoms with E-state index in [1.54, 1.807) is 0 Å². The van der Waals surface area contributed by atoms with Crippen LogP contribution < -0.4 is 9.47 Å². The molecule has 1 aliphatic rings. The number of benzene rings is 1. The average Bonchev–Trinajstić information content (AvgIpc) is 2.96. The summed E-state index contributed by atoms with van der Waals surface area (Å²) in [6, 6.07) is 5.47. The van der Waals surface area contributed by atoms with E-state index < -0.39 is 0 Å². The van der Waals surface area contributed by atoms with Gasteiger partial charge in [-0.15, -0.1) is 11.6 Å². The highest BCUT2D eigenvalue weighted by molar-refractivity contribution is 6.16. The molecule has 0 amide bonds. The van der Waals surface area contributed by atoms with Gasteiger partial charge in [0.25, 0.3) is 0 Å². The van der Waals surface area contributed by atoms with E-state index in [4.69, 9.17) is 25.6 Å². The Morgan fingerprint density at radius 1 is 1.25 bits per heavy atom. The molecular weight excluding hydrogens is 232 g/mol. The van der Waals surface area contributed by atoms with Crippen LogP contribution in [0, 0.1) is 0 Å². The molecule has 1 aromatic carbocycles. The molecule has 0 atom stereocenters. The second-order valence-electron chi connectivity index (χ2n) is 3.21. The van der Waals surface area contributed by atoms with Crippen molar-refractivity contribution in [2.45, 2.75) is 5.88 Å². The van der Waals surface area contributed by atoms with Crippen molar-refractivity contribution in [1.82, 2.24) is 10.1 Å². The lowest BCUT2D eigenvalue weighted by Crippen LogP contribution is -1.92. The van der Waals surface area contributed by atoms with Crippen LogP contribution in [0.2, 0.25) is 0 Å². The Bertz CT molecular complexity index is 527. The standard InChI is InChI=1S/C10H7ClN2O3/c11-4-9-12-10(13-16-9)6-1-2-7-8(3-6)15-5-14-7/h1-3H,4-5H2. The first kappa shape index (κ1) is 9.47. The van der Waals surface area contributed by atoms with Crippen molar-refractivity contribution in [3.8, 4) is 22.9 Å². The average molecular weight is 239 g/mol. The van der Waals surface area contributed by atoms with Crippen LogP contribution in [0.3, 0.4) is 0 Å². The van der Waals surface area contributed by atoms with Crippen LogP contribution in [0.25, 0.3) is 11.4 Å². The molecule has 0 bridgehead atoms. The number of rotatable bonds is 2. The van der Waals surface area contributed by atoms with Crippen molar-refractivity contribution >= 4 is 11.6 Å². The summed E-state index contributed by atoms with van der Waals surface area (Å²) in [6.45, 7) is 0.248. The Labute approximate surface area is 95.9 Å². The summed E-state index contributed by atoms with van der Waals surface area (Å²) in [5.41, 5.74) is 0.810. The summed E-state index contributed by atoms with van der Waals surface area (Å²) in [4.78, 5) is 4.12. The van der Waals surface area contributed by atoms with Crippen LogP contribution in [0.1, 0.15) is 5.89 Å². The second kappa shape index (κ2) is 3.68. The molecule has 5 nitrogen and oxygen atoms in total. The fourth-order valence-electron chi connectivity index (χ4n) is 1.46. The number of hydrogen-bond acceptors (Lipinski definition) is 5. The van der Waals surface area contributed by atoms with Gasteiger partial charge in [-0.3, -0.25) is 0 Å². The number of fused-ring (bicyclic) bond motifs is 1. The van der Waals surface area contributed by atoms with E-state index >= 15 is 0 Å². The molecule has 0 unspecified atom stereocenters. The molecule has 1 aromatic heterocycles. The van der Waals surface area contributed by atoms with Crippen molar-refractivity contribution in [2.24, 2.45) is 0 Å². The summed E-state index contributed by atoms with van der Waals surface area (Å²) in [5.74, 6) is 2.51. The zero-order valence-electron chi connectivity index (χ0n) is 8.14. The lowest BCUT2D eigenvalue weighted by molar-refractivity contribution is 0.174. The lowest BCUT2D eigenvalue weighted by atomic mass is 10.2. The topological polar surface area (TPSA) is 57.4 Å². The van der Waals surface area contributed by atoms with Gasteiger partial charge >= 0.3 is 0 Å². The summed E-state index contributed by atoms with van der Waals surface area (Å²) < 4.78 is 15.4. The maximum atomic E-state index is 5.58. The van der Waals surface area contributed by atoms with Gasteiger partial charge in [-0.25, -0.2) is 0 Å². The quantitative estimate of drug-likeness (QED) is 0.751. The first-order valence-electron chi connectivity index (χ1n) is 4.65. The number of aromatic nitrogens is 2. The molecule has 6 heteroatoms. The van der Waals surface area contributed by atoms with Gasteiger partial charge < -0.3 is 14.0 Å². The Kier molecular flexibility index (Phi) is 2.18. The van der Waals surface area contributed by atoms with Crippen molar-refractivity contribution < 1.29 is 14.0 Å². The van der Waals surface area contributed by atoms with E-state index in [0.29, 0.717) is 17.5 Å². The predicted molar refractivity (Wildman–Crippen MR) is 55.4 cm³/mol. The molecule has 82 valence electrons. The van der Waals surface area contributed by atoms with Gasteiger partial charge in [0.05, 0.1) is 0 Å². The van der Waals surface area contributed by atoms with Gasteiger partial charge in [-0.1, -0.05) is 5.16 Å². The third kappa shape index (κ3) is 1.49. The second-order valence-corrected chi connectivity index (χ2v) is 3.48. The van der Waals surface area contributed by atoms with Gasteiger partial charge in [0, 0.05) is 5.56 Å². The molecule has 0 saturated heterocycles. The fraction of sp³-hybridized carbons (Fsp3) is 0.200. The van der Waals surface area contributed by atoms with E-state index in [9.17, 15) is 0 Å². The normalized spacial score (nSPS) is 13.1. The van der Waals surface area contributed by atoms with E-state index in [0.717, 1.165) is 11.3 Å². The van der Waals surface area contributed by atoms with E-state index in [1.807, 2.05) is 18.2 Å². The minimum absolute atomic E-state index is 0.206. The SMILES string of the molecule is ClCc1nc(-c2ccc3c(c2)OCO3)no1. The molecule has 0 spiro atoms. The smallest absolute Gasteiger partial charge is 0.241 e. The summed E-state index contributed by atoms with van der Waals surface area (Å²) >= 11 is 5.58. The van der Waals surface area contributed by atoms with Gasteiger partial charge in [-0.05, 0) is 18.2 Å². The Morgan fingerprint density at radius 2 is 2.12 bits per heavy atom. The van der Waals surface area contributed by atoms with Gasteiger partial charge in [0.2, 0.25) is 18.5 Å². The molecule has 2 heterocycles. The third-order valence-corrected chi connectivity index (χ3v) is 2.44. The minimum Gasteiger partial charge on any atom is -0.454 e. The van der Waals surface area contributed by atoms with Crippen LogP contribution in [0.4, 0.5) is 0 Å². The Balaban J connectivity index is 2.00. The molecule has 0 N–H and O–H groups in total. The van der Waals surface area contributed by atoms with Crippen LogP contribution in [0.15, 0.2) is 22.7 Å². The number of alkyl halides is 1. The van der Waals surface area contributed by atoms with Crippen LogP contribution in [-0.4, -0.2) is 16.9 Å². The number of hydrogen-bond donors (Lipinski definition) is 0. The first-order chi connectivity index (χ1) is 7.86. The number of nitrogens with zero attached hydrogens (tertiary/aromatic N) is 2. The van der Waals surface area contributed by atoms with Crippen LogP contribution in [0.5, 0.6) is 11.5 Å². The molecule has 3 rings (SSSR count). The molecule has 0 radical (unpaired) electrons. The van der Waals surface area contributed by atoms with Crippen molar-refractivity contribution in [2.75, 3.05) is 6.79 Å². The Morgan fingerprint density at radius 3 is 2.94 bits per heavy atom. The summed E-state index contributed by atoms with van der Waals surface area (Å²) in [5, 5.41) is 3.82. The molecule has 0 saturated carbocycles. The first-order valence-corrected chi connectivity index (χ1v) is 5.19. The van der Waals surface area contributed by atoms with Crippen LogP contribution in [-0.2, 0) is 5.88 Å². The van der Waals surface area contributed by atoms with E-state index in [1.165, 1.54) is 0 Å². The molecule has 1 aliphatic heterocycles. The highest BCUT2D eigenvalue weighted by Gasteiger charge is 2.16. The van der Waals surface area contributed by atoms with Crippen molar-refractivity contribution in [3.63, 3.8) is 0 Å². The minimum atomic E-state index is 0.206. The van der Waals surface area contributed by atoms with Gasteiger partial charge in [-0.2, -0.15) is 4.98 Å². The summed E-state index contributed by atoms with van der Waals surface area (Å²) in [7, 11) is 0. The van der Waals surface area contributed by atoms with Crippen molar-refractivity contribution in [1.29, 1.82) is 0 Å². The molecule has 0 fully saturated rings. The molecule has 0 aliphatic carbocycles. The maximum absolute atomic E-state index is 5.58.